The molecule has 1 aromatic rings. The number of hydrogen-bond acceptors (Lipinski definition) is 3. The fraction of sp³-hybridized carbons (Fsp3) is 0.429. The molecular formula is C14H15NO3Se. The van der Waals surface area contributed by atoms with Gasteiger partial charge in [-0.1, -0.05) is 0 Å². The van der Waals surface area contributed by atoms with Crippen LogP contribution in [-0.4, -0.2) is 39.5 Å². The van der Waals surface area contributed by atoms with Gasteiger partial charge in [-0.05, 0) is 0 Å². The quantitative estimate of drug-likeness (QED) is 0.647. The first-order valence-electron chi connectivity index (χ1n) is 6.41. The van der Waals surface area contributed by atoms with Gasteiger partial charge in [-0.2, -0.15) is 0 Å². The van der Waals surface area contributed by atoms with Gasteiger partial charge in [0.15, 0.2) is 0 Å². The molecule has 2 amide bonds. The van der Waals surface area contributed by atoms with Gasteiger partial charge < -0.3 is 0 Å². The van der Waals surface area contributed by atoms with E-state index in [1.165, 1.54) is 0 Å². The van der Waals surface area contributed by atoms with Gasteiger partial charge in [0.1, 0.15) is 0 Å². The van der Waals surface area contributed by atoms with E-state index in [1.807, 2.05) is 30.3 Å². The van der Waals surface area contributed by atoms with Crippen molar-refractivity contribution in [3.05, 3.63) is 30.3 Å². The van der Waals surface area contributed by atoms with Crippen molar-refractivity contribution in [2.45, 2.75) is 29.7 Å². The van der Waals surface area contributed by atoms with Gasteiger partial charge in [0.05, 0.1) is 0 Å². The van der Waals surface area contributed by atoms with E-state index < -0.39 is 4.31 Å². The summed E-state index contributed by atoms with van der Waals surface area (Å²) in [5.74, 6) is -0.313. The number of hydrogen-bond donors (Lipinski definition) is 1. The van der Waals surface area contributed by atoms with E-state index in [2.05, 4.69) is 5.32 Å². The molecule has 100 valence electrons. The van der Waals surface area contributed by atoms with Crippen LogP contribution in [0, 0.1) is 0 Å². The minimum atomic E-state index is -0.651. The van der Waals surface area contributed by atoms with Gasteiger partial charge >= 0.3 is 117 Å². The summed E-state index contributed by atoms with van der Waals surface area (Å²) < 4.78 is 6.22. The van der Waals surface area contributed by atoms with Crippen LogP contribution in [0.5, 0.6) is 0 Å². The molecule has 0 aliphatic carbocycles. The van der Waals surface area contributed by atoms with Crippen molar-refractivity contribution in [2.75, 3.05) is 6.61 Å². The first-order chi connectivity index (χ1) is 9.21. The fourth-order valence-corrected chi connectivity index (χ4v) is 5.54. The predicted octanol–water partition coefficient (Wildman–Crippen LogP) is 0.400. The average Bonchev–Trinajstić information content (AvgIpc) is 3.00. The zero-order valence-electron chi connectivity index (χ0n) is 10.4. The predicted molar refractivity (Wildman–Crippen MR) is 71.3 cm³/mol. The molecule has 1 aromatic carbocycles. The summed E-state index contributed by atoms with van der Waals surface area (Å²) in [6, 6.07) is 9.93. The Bertz CT molecular complexity index is 499. The van der Waals surface area contributed by atoms with Crippen LogP contribution in [0.1, 0.15) is 19.3 Å². The Labute approximate surface area is 118 Å². The van der Waals surface area contributed by atoms with E-state index >= 15 is 0 Å². The van der Waals surface area contributed by atoms with E-state index in [0.717, 1.165) is 17.3 Å². The first kappa shape index (κ1) is 12.9. The number of imide groups is 1. The van der Waals surface area contributed by atoms with Gasteiger partial charge in [-0.25, -0.2) is 0 Å². The second-order valence-corrected chi connectivity index (χ2v) is 7.81. The van der Waals surface area contributed by atoms with Crippen LogP contribution in [0.15, 0.2) is 30.3 Å². The van der Waals surface area contributed by atoms with E-state index in [-0.39, 0.29) is 39.3 Å². The first-order valence-corrected chi connectivity index (χ1v) is 8.12. The molecule has 2 aliphatic heterocycles. The number of ether oxygens (including phenoxy) is 1. The standard InChI is InChI=1S/C14H15NO3Se/c16-12-9-14(13(17)15-12,11-7-4-8-18-11)19-10-5-2-1-3-6-10/h1-3,5-6,11H,4,7-9H2,(H,15,16,17)/t11-,14-/m1/s1. The third-order valence-electron chi connectivity index (χ3n) is 3.55. The van der Waals surface area contributed by atoms with Crippen LogP contribution >= 0.6 is 0 Å². The third kappa shape index (κ3) is 2.34. The van der Waals surface area contributed by atoms with Crippen molar-refractivity contribution in [2.24, 2.45) is 0 Å². The van der Waals surface area contributed by atoms with E-state index in [4.69, 9.17) is 4.74 Å². The van der Waals surface area contributed by atoms with Crippen molar-refractivity contribution in [3.63, 3.8) is 0 Å². The molecule has 0 unspecified atom stereocenters. The summed E-state index contributed by atoms with van der Waals surface area (Å²) in [4.78, 5) is 23.9. The Kier molecular flexibility index (Phi) is 3.44. The summed E-state index contributed by atoms with van der Waals surface area (Å²) in [7, 11) is 0. The van der Waals surface area contributed by atoms with Crippen molar-refractivity contribution in [1.82, 2.24) is 5.32 Å². The van der Waals surface area contributed by atoms with E-state index in [0.29, 0.717) is 6.61 Å². The number of carbonyl (C=O) groups excluding carboxylic acids is 2. The third-order valence-corrected chi connectivity index (χ3v) is 6.63. The molecule has 0 spiro atoms. The van der Waals surface area contributed by atoms with Crippen molar-refractivity contribution in [1.29, 1.82) is 0 Å². The average molecular weight is 324 g/mol. The van der Waals surface area contributed by atoms with Crippen LogP contribution in [0.25, 0.3) is 0 Å². The molecule has 3 rings (SSSR count). The second-order valence-electron chi connectivity index (χ2n) is 4.86. The maximum atomic E-state index is 12.3. The number of carbonyl (C=O) groups is 2. The summed E-state index contributed by atoms with van der Waals surface area (Å²) in [5, 5.41) is 2.46. The molecule has 0 aromatic heterocycles. The minimum absolute atomic E-state index is 0.0977. The molecule has 19 heavy (non-hydrogen) atoms. The van der Waals surface area contributed by atoms with Gasteiger partial charge in [0.25, 0.3) is 0 Å². The van der Waals surface area contributed by atoms with Gasteiger partial charge in [-0.15, -0.1) is 0 Å². The Hall–Kier alpha value is -1.16. The van der Waals surface area contributed by atoms with Crippen LogP contribution in [0.4, 0.5) is 0 Å². The van der Waals surface area contributed by atoms with Crippen molar-refractivity contribution >= 4 is 31.2 Å². The molecule has 5 heteroatoms. The normalized spacial score (nSPS) is 30.6. The summed E-state index contributed by atoms with van der Waals surface area (Å²) in [5.41, 5.74) is 0. The Morgan fingerprint density at radius 3 is 2.63 bits per heavy atom. The second kappa shape index (κ2) is 5.08. The number of benzene rings is 1. The van der Waals surface area contributed by atoms with Crippen LogP contribution < -0.4 is 9.78 Å². The molecule has 2 atom stereocenters. The Morgan fingerprint density at radius 1 is 1.26 bits per heavy atom. The monoisotopic (exact) mass is 325 g/mol. The molecule has 2 fully saturated rings. The number of nitrogens with one attached hydrogen (secondary N) is 1. The molecule has 0 bridgehead atoms. The SMILES string of the molecule is O=C1C[C@@]([Se]c2ccccc2)([C@H]2CCCO2)C(=O)N1. The van der Waals surface area contributed by atoms with E-state index in [9.17, 15) is 9.59 Å². The molecule has 2 aliphatic rings. The van der Waals surface area contributed by atoms with Gasteiger partial charge in [-0.3, -0.25) is 0 Å². The Balaban J connectivity index is 1.92. The summed E-state index contributed by atoms with van der Waals surface area (Å²) in [6.45, 7) is 0.693. The topological polar surface area (TPSA) is 55.4 Å². The fourth-order valence-electron chi connectivity index (χ4n) is 2.65. The molecule has 2 saturated heterocycles. The number of rotatable bonds is 3. The molecule has 0 radical (unpaired) electrons. The van der Waals surface area contributed by atoms with Crippen LogP contribution in [0.2, 0.25) is 4.31 Å². The van der Waals surface area contributed by atoms with Crippen LogP contribution in [-0.2, 0) is 14.3 Å². The summed E-state index contributed by atoms with van der Waals surface area (Å²) in [6.07, 6.45) is 2.00. The molecule has 4 nitrogen and oxygen atoms in total. The zero-order chi connectivity index (χ0) is 13.3. The van der Waals surface area contributed by atoms with E-state index in [1.54, 1.807) is 0 Å². The Morgan fingerprint density at radius 2 is 2.05 bits per heavy atom. The molecule has 0 saturated carbocycles. The maximum absolute atomic E-state index is 12.3. The van der Waals surface area contributed by atoms with Gasteiger partial charge in [0, 0.05) is 0 Å². The molecule has 2 heterocycles. The van der Waals surface area contributed by atoms with Gasteiger partial charge in [0.2, 0.25) is 0 Å². The van der Waals surface area contributed by atoms with Crippen molar-refractivity contribution in [3.8, 4) is 0 Å². The number of amides is 2. The van der Waals surface area contributed by atoms with Crippen LogP contribution in [0.3, 0.4) is 0 Å². The molecule has 1 N–H and O–H groups in total. The summed E-state index contributed by atoms with van der Waals surface area (Å²) >= 11 is -0.0977. The van der Waals surface area contributed by atoms with Crippen molar-refractivity contribution < 1.29 is 14.3 Å². The molecular weight excluding hydrogens is 309 g/mol. The zero-order valence-corrected chi connectivity index (χ0v) is 12.1.